The zero-order chi connectivity index (χ0) is 19.8. The Morgan fingerprint density at radius 2 is 1.83 bits per heavy atom. The van der Waals surface area contributed by atoms with Crippen molar-refractivity contribution in [3.05, 3.63) is 42.0 Å². The fourth-order valence-corrected chi connectivity index (χ4v) is 4.92. The molecule has 0 bridgehead atoms. The van der Waals surface area contributed by atoms with Gasteiger partial charge in [-0.2, -0.15) is 0 Å². The summed E-state index contributed by atoms with van der Waals surface area (Å²) in [5, 5.41) is 12.9. The van der Waals surface area contributed by atoms with E-state index in [1.54, 1.807) is 0 Å². The number of aryl methyl sites for hydroxylation is 1. The summed E-state index contributed by atoms with van der Waals surface area (Å²) in [5.74, 6) is 1.82. The third kappa shape index (κ3) is 3.49. The Morgan fingerprint density at radius 1 is 1.03 bits per heavy atom. The van der Waals surface area contributed by atoms with Crippen LogP contribution in [-0.4, -0.2) is 57.4 Å². The van der Waals surface area contributed by atoms with Crippen molar-refractivity contribution in [1.29, 1.82) is 0 Å². The summed E-state index contributed by atoms with van der Waals surface area (Å²) in [6, 6.07) is 11.2. The molecule has 29 heavy (non-hydrogen) atoms. The lowest BCUT2D eigenvalue weighted by molar-refractivity contribution is 0.138. The van der Waals surface area contributed by atoms with Crippen LogP contribution in [-0.2, 0) is 6.54 Å². The van der Waals surface area contributed by atoms with Gasteiger partial charge in [0.05, 0.1) is 6.54 Å². The summed E-state index contributed by atoms with van der Waals surface area (Å²) in [6.45, 7) is 4.88. The molecule has 5 rings (SSSR count). The number of benzene rings is 1. The first-order valence-electron chi connectivity index (χ1n) is 10.5. The SMILES string of the molecule is Cc1onc(-c2ccccc2)c1-c1nnc(CN2CCC[C@H]2[C@H]2CCCN2C)o1. The quantitative estimate of drug-likeness (QED) is 0.653. The maximum atomic E-state index is 6.09. The monoisotopic (exact) mass is 393 g/mol. The number of rotatable bonds is 5. The predicted octanol–water partition coefficient (Wildman–Crippen LogP) is 3.76. The minimum atomic E-state index is 0.478. The van der Waals surface area contributed by atoms with E-state index in [4.69, 9.17) is 8.94 Å². The molecule has 4 heterocycles. The van der Waals surface area contributed by atoms with E-state index in [0.29, 0.717) is 36.2 Å². The molecule has 0 aliphatic carbocycles. The average molecular weight is 393 g/mol. The summed E-state index contributed by atoms with van der Waals surface area (Å²) in [4.78, 5) is 5.03. The molecule has 3 aromatic rings. The first kappa shape index (κ1) is 18.5. The fraction of sp³-hybridized carbons (Fsp3) is 0.500. The van der Waals surface area contributed by atoms with Crippen LogP contribution in [0.5, 0.6) is 0 Å². The van der Waals surface area contributed by atoms with Crippen molar-refractivity contribution in [3.63, 3.8) is 0 Å². The second-order valence-electron chi connectivity index (χ2n) is 8.20. The molecule has 2 saturated heterocycles. The van der Waals surface area contributed by atoms with Crippen LogP contribution in [0.3, 0.4) is 0 Å². The maximum absolute atomic E-state index is 6.09. The van der Waals surface area contributed by atoms with Gasteiger partial charge in [-0.1, -0.05) is 35.5 Å². The largest absolute Gasteiger partial charge is 0.419 e. The molecule has 0 unspecified atom stereocenters. The molecule has 0 radical (unpaired) electrons. The molecule has 2 aromatic heterocycles. The number of nitrogens with zero attached hydrogens (tertiary/aromatic N) is 5. The van der Waals surface area contributed by atoms with Gasteiger partial charge in [0.15, 0.2) is 0 Å². The number of hydrogen-bond donors (Lipinski definition) is 0. The number of likely N-dealkylation sites (N-methyl/N-ethyl adjacent to an activating group) is 1. The Morgan fingerprint density at radius 3 is 2.62 bits per heavy atom. The highest BCUT2D eigenvalue weighted by atomic mass is 16.5. The van der Waals surface area contributed by atoms with Crippen molar-refractivity contribution < 1.29 is 8.94 Å². The summed E-state index contributed by atoms with van der Waals surface area (Å²) in [7, 11) is 2.25. The van der Waals surface area contributed by atoms with Gasteiger partial charge in [-0.25, -0.2) is 0 Å². The van der Waals surface area contributed by atoms with E-state index in [0.717, 1.165) is 23.4 Å². The molecular formula is C22H27N5O2. The van der Waals surface area contributed by atoms with Crippen LogP contribution < -0.4 is 0 Å². The molecule has 0 amide bonds. The summed E-state index contributed by atoms with van der Waals surface area (Å²) < 4.78 is 11.5. The van der Waals surface area contributed by atoms with Gasteiger partial charge < -0.3 is 13.8 Å². The van der Waals surface area contributed by atoms with Crippen molar-refractivity contribution in [2.45, 2.75) is 51.2 Å². The lowest BCUT2D eigenvalue weighted by Gasteiger charge is -2.32. The van der Waals surface area contributed by atoms with E-state index in [9.17, 15) is 0 Å². The predicted molar refractivity (Wildman–Crippen MR) is 109 cm³/mol. The summed E-state index contributed by atoms with van der Waals surface area (Å²) in [5.41, 5.74) is 2.50. The number of hydrogen-bond acceptors (Lipinski definition) is 7. The third-order valence-electron chi connectivity index (χ3n) is 6.36. The van der Waals surface area contributed by atoms with Crippen molar-refractivity contribution >= 4 is 0 Å². The first-order valence-corrected chi connectivity index (χ1v) is 10.5. The molecule has 2 fully saturated rings. The van der Waals surface area contributed by atoms with Gasteiger partial charge in [0.2, 0.25) is 5.89 Å². The van der Waals surface area contributed by atoms with Crippen molar-refractivity contribution in [2.75, 3.05) is 20.1 Å². The smallest absolute Gasteiger partial charge is 0.253 e. The maximum Gasteiger partial charge on any atom is 0.253 e. The van der Waals surface area contributed by atoms with Crippen LogP contribution in [0.4, 0.5) is 0 Å². The molecule has 7 heteroatoms. The van der Waals surface area contributed by atoms with Gasteiger partial charge in [0.1, 0.15) is 17.0 Å². The van der Waals surface area contributed by atoms with E-state index in [2.05, 4.69) is 32.2 Å². The second-order valence-corrected chi connectivity index (χ2v) is 8.20. The van der Waals surface area contributed by atoms with Gasteiger partial charge in [0.25, 0.3) is 5.89 Å². The zero-order valence-corrected chi connectivity index (χ0v) is 17.0. The molecule has 0 spiro atoms. The first-order chi connectivity index (χ1) is 14.2. The minimum absolute atomic E-state index is 0.478. The Hall–Kier alpha value is -2.51. The summed E-state index contributed by atoms with van der Waals surface area (Å²) >= 11 is 0. The average Bonchev–Trinajstić information content (AvgIpc) is 3.51. The van der Waals surface area contributed by atoms with Gasteiger partial charge in [-0.15, -0.1) is 10.2 Å². The normalized spacial score (nSPS) is 23.2. The Labute approximate surface area is 170 Å². The van der Waals surface area contributed by atoms with E-state index in [1.807, 2.05) is 37.3 Å². The molecule has 7 nitrogen and oxygen atoms in total. The van der Waals surface area contributed by atoms with Crippen LogP contribution in [0, 0.1) is 6.92 Å². The van der Waals surface area contributed by atoms with Crippen molar-refractivity contribution in [1.82, 2.24) is 25.2 Å². The Kier molecular flexibility index (Phi) is 4.93. The van der Waals surface area contributed by atoms with E-state index >= 15 is 0 Å². The molecular weight excluding hydrogens is 366 g/mol. The lowest BCUT2D eigenvalue weighted by atomic mass is 10.0. The topological polar surface area (TPSA) is 71.4 Å². The van der Waals surface area contributed by atoms with E-state index < -0.39 is 0 Å². The van der Waals surface area contributed by atoms with Gasteiger partial charge in [0, 0.05) is 17.6 Å². The van der Waals surface area contributed by atoms with Crippen molar-refractivity contribution in [2.24, 2.45) is 0 Å². The van der Waals surface area contributed by atoms with Crippen LogP contribution in [0.15, 0.2) is 39.3 Å². The number of likely N-dealkylation sites (tertiary alicyclic amines) is 2. The molecule has 2 atom stereocenters. The third-order valence-corrected chi connectivity index (χ3v) is 6.36. The molecule has 0 saturated carbocycles. The molecule has 0 N–H and O–H groups in total. The molecule has 1 aromatic carbocycles. The van der Waals surface area contributed by atoms with Crippen LogP contribution in [0.2, 0.25) is 0 Å². The zero-order valence-electron chi connectivity index (χ0n) is 17.0. The summed E-state index contributed by atoms with van der Waals surface area (Å²) in [6.07, 6.45) is 5.07. The highest BCUT2D eigenvalue weighted by Gasteiger charge is 2.36. The Balaban J connectivity index is 1.37. The second kappa shape index (κ2) is 7.72. The highest BCUT2D eigenvalue weighted by molar-refractivity contribution is 5.77. The van der Waals surface area contributed by atoms with Gasteiger partial charge >= 0.3 is 0 Å². The van der Waals surface area contributed by atoms with E-state index in [-0.39, 0.29) is 0 Å². The van der Waals surface area contributed by atoms with E-state index in [1.165, 1.54) is 32.2 Å². The molecule has 152 valence electrons. The van der Waals surface area contributed by atoms with Gasteiger partial charge in [-0.05, 0) is 52.7 Å². The number of aromatic nitrogens is 3. The standard InChI is InChI=1S/C22H27N5O2/c1-15-20(21(25-29-15)16-8-4-3-5-9-16)22-24-23-19(28-22)14-27-13-7-11-18(27)17-10-6-12-26(17)2/h3-5,8-9,17-18H,6-7,10-14H2,1-2H3/t17-,18+/m1/s1. The van der Waals surface area contributed by atoms with Crippen LogP contribution >= 0.6 is 0 Å². The minimum Gasteiger partial charge on any atom is -0.419 e. The van der Waals surface area contributed by atoms with Crippen molar-refractivity contribution in [3.8, 4) is 22.7 Å². The van der Waals surface area contributed by atoms with Crippen LogP contribution in [0.1, 0.15) is 37.3 Å². The lowest BCUT2D eigenvalue weighted by Crippen LogP contribution is -2.44. The fourth-order valence-electron chi connectivity index (χ4n) is 4.92. The Bertz CT molecular complexity index is 967. The molecule has 2 aliphatic rings. The van der Waals surface area contributed by atoms with Gasteiger partial charge in [-0.3, -0.25) is 4.90 Å². The molecule has 2 aliphatic heterocycles. The highest BCUT2D eigenvalue weighted by Crippen LogP contribution is 2.34. The van der Waals surface area contributed by atoms with Crippen LogP contribution in [0.25, 0.3) is 22.7 Å².